The first kappa shape index (κ1) is 37.4. The van der Waals surface area contributed by atoms with Gasteiger partial charge in [-0.25, -0.2) is 4.79 Å². The monoisotopic (exact) mass is 713 g/mol. The summed E-state index contributed by atoms with van der Waals surface area (Å²) < 4.78 is 18.4. The molecule has 2 amide bonds. The van der Waals surface area contributed by atoms with Gasteiger partial charge in [-0.2, -0.15) is 0 Å². The Labute approximate surface area is 311 Å². The Morgan fingerprint density at radius 2 is 1.36 bits per heavy atom. The predicted octanol–water partition coefficient (Wildman–Crippen LogP) is 7.46. The standard InChI is InChI=1S/C44H47N3O6/c1-2-51-42(49)27-46-44(50)45-26-35-15-9-16-37(23-35)38-17-10-18-39(24-38)43-52-40(25-41(53-43)36-21-19-34(31-48)20-22-36)30-47(28-32-11-5-3-6-12-32)29-33-13-7-4-8-14-33/h3-24,40-41,43,48H,2,25-31H2,1H3,(H2,45,46,50)/t40-,41+,43+/m1/s1. The molecule has 1 saturated heterocycles. The summed E-state index contributed by atoms with van der Waals surface area (Å²) in [6.45, 7) is 4.34. The lowest BCUT2D eigenvalue weighted by molar-refractivity contribution is -0.253. The quantitative estimate of drug-likeness (QED) is 0.0968. The van der Waals surface area contributed by atoms with Crippen LogP contribution in [0.1, 0.15) is 59.1 Å². The summed E-state index contributed by atoms with van der Waals surface area (Å²) in [5.41, 5.74) is 8.17. The maximum Gasteiger partial charge on any atom is 0.325 e. The van der Waals surface area contributed by atoms with Gasteiger partial charge < -0.3 is 30.0 Å². The molecule has 1 heterocycles. The van der Waals surface area contributed by atoms with E-state index in [1.54, 1.807) is 6.92 Å². The number of carbonyl (C=O) groups excluding carboxylic acids is 2. The van der Waals surface area contributed by atoms with Gasteiger partial charge in [-0.15, -0.1) is 0 Å². The van der Waals surface area contributed by atoms with Crippen LogP contribution in [0.25, 0.3) is 11.1 Å². The number of urea groups is 1. The predicted molar refractivity (Wildman–Crippen MR) is 204 cm³/mol. The third-order valence-corrected chi connectivity index (χ3v) is 9.15. The van der Waals surface area contributed by atoms with E-state index in [4.69, 9.17) is 14.2 Å². The van der Waals surface area contributed by atoms with Gasteiger partial charge in [-0.3, -0.25) is 9.69 Å². The molecule has 0 unspecified atom stereocenters. The molecule has 53 heavy (non-hydrogen) atoms. The van der Waals surface area contributed by atoms with Crippen LogP contribution < -0.4 is 10.6 Å². The zero-order chi connectivity index (χ0) is 36.8. The van der Waals surface area contributed by atoms with E-state index in [0.29, 0.717) is 13.0 Å². The highest BCUT2D eigenvalue weighted by Gasteiger charge is 2.33. The molecule has 6 rings (SSSR count). The Morgan fingerprint density at radius 3 is 2.02 bits per heavy atom. The van der Waals surface area contributed by atoms with Crippen molar-refractivity contribution in [2.45, 2.75) is 58.1 Å². The van der Waals surface area contributed by atoms with E-state index >= 15 is 0 Å². The van der Waals surface area contributed by atoms with Crippen molar-refractivity contribution >= 4 is 12.0 Å². The second-order valence-corrected chi connectivity index (χ2v) is 13.2. The van der Waals surface area contributed by atoms with E-state index in [9.17, 15) is 14.7 Å². The highest BCUT2D eigenvalue weighted by Crippen LogP contribution is 2.39. The number of nitrogens with zero attached hydrogens (tertiary/aromatic N) is 1. The average Bonchev–Trinajstić information content (AvgIpc) is 3.20. The molecule has 0 bridgehead atoms. The molecule has 0 saturated carbocycles. The number of hydrogen-bond donors (Lipinski definition) is 3. The molecule has 274 valence electrons. The Bertz CT molecular complexity index is 1860. The summed E-state index contributed by atoms with van der Waals surface area (Å²) >= 11 is 0. The number of amides is 2. The van der Waals surface area contributed by atoms with Gasteiger partial charge >= 0.3 is 12.0 Å². The first-order valence-electron chi connectivity index (χ1n) is 18.1. The second-order valence-electron chi connectivity index (χ2n) is 13.2. The van der Waals surface area contributed by atoms with E-state index in [1.165, 1.54) is 11.1 Å². The molecule has 0 aromatic heterocycles. The lowest BCUT2D eigenvalue weighted by Gasteiger charge is -2.38. The van der Waals surface area contributed by atoms with Crippen LogP contribution in [0.4, 0.5) is 4.79 Å². The molecule has 1 aliphatic heterocycles. The number of carbonyl (C=O) groups is 2. The molecular weight excluding hydrogens is 666 g/mol. The molecule has 0 spiro atoms. The van der Waals surface area contributed by atoms with Crippen LogP contribution in [0.3, 0.4) is 0 Å². The maximum absolute atomic E-state index is 12.3. The molecule has 0 aliphatic carbocycles. The Morgan fingerprint density at radius 1 is 0.717 bits per heavy atom. The van der Waals surface area contributed by atoms with Crippen molar-refractivity contribution < 1.29 is 28.9 Å². The SMILES string of the molecule is CCOC(=O)CNC(=O)NCc1cccc(-c2cccc([C@H]3O[C@@H](CN(Cc4ccccc4)Cc4ccccc4)C[C@@H](c4ccc(CO)cc4)O3)c2)c1. The van der Waals surface area contributed by atoms with Crippen molar-refractivity contribution in [2.24, 2.45) is 0 Å². The Kier molecular flexibility index (Phi) is 13.4. The summed E-state index contributed by atoms with van der Waals surface area (Å²) in [6.07, 6.45) is -0.275. The number of aliphatic hydroxyl groups excluding tert-OH is 1. The topological polar surface area (TPSA) is 109 Å². The summed E-state index contributed by atoms with van der Waals surface area (Å²) in [4.78, 5) is 26.3. The lowest BCUT2D eigenvalue weighted by atomic mass is 9.98. The zero-order valence-electron chi connectivity index (χ0n) is 30.0. The molecule has 1 aliphatic rings. The van der Waals surface area contributed by atoms with Gasteiger partial charge in [0, 0.05) is 38.2 Å². The minimum atomic E-state index is -0.612. The molecule has 5 aromatic carbocycles. The normalized spacial score (nSPS) is 16.9. The molecule has 3 N–H and O–H groups in total. The first-order valence-corrected chi connectivity index (χ1v) is 18.1. The minimum absolute atomic E-state index is 0.0131. The van der Waals surface area contributed by atoms with Crippen LogP contribution in [-0.2, 0) is 45.2 Å². The van der Waals surface area contributed by atoms with Gasteiger partial charge in [0.1, 0.15) is 6.54 Å². The van der Waals surface area contributed by atoms with Crippen molar-refractivity contribution in [2.75, 3.05) is 19.7 Å². The summed E-state index contributed by atoms with van der Waals surface area (Å²) in [5.74, 6) is -0.482. The third kappa shape index (κ3) is 11.1. The largest absolute Gasteiger partial charge is 0.465 e. The molecule has 0 radical (unpaired) electrons. The molecule has 1 fully saturated rings. The highest BCUT2D eigenvalue weighted by molar-refractivity contribution is 5.80. The summed E-state index contributed by atoms with van der Waals surface area (Å²) in [6, 6.07) is 44.7. The molecular formula is C44H47N3O6. The average molecular weight is 714 g/mol. The lowest BCUT2D eigenvalue weighted by Crippen LogP contribution is -2.39. The van der Waals surface area contributed by atoms with Gasteiger partial charge in [0.2, 0.25) is 0 Å². The third-order valence-electron chi connectivity index (χ3n) is 9.15. The second kappa shape index (κ2) is 19.0. The van der Waals surface area contributed by atoms with Crippen molar-refractivity contribution in [1.82, 2.24) is 15.5 Å². The number of ether oxygens (including phenoxy) is 3. The summed E-state index contributed by atoms with van der Waals surface area (Å²) in [7, 11) is 0. The highest BCUT2D eigenvalue weighted by atomic mass is 16.7. The van der Waals surface area contributed by atoms with Crippen molar-refractivity contribution in [3.63, 3.8) is 0 Å². The fourth-order valence-corrected chi connectivity index (χ4v) is 6.52. The van der Waals surface area contributed by atoms with E-state index < -0.39 is 18.3 Å². The van der Waals surface area contributed by atoms with Crippen LogP contribution in [0.15, 0.2) is 133 Å². The summed E-state index contributed by atoms with van der Waals surface area (Å²) in [5, 5.41) is 15.0. The zero-order valence-corrected chi connectivity index (χ0v) is 30.0. The van der Waals surface area contributed by atoms with Gasteiger partial charge in [0.15, 0.2) is 6.29 Å². The van der Waals surface area contributed by atoms with Gasteiger partial charge in [-0.05, 0) is 58.0 Å². The first-order chi connectivity index (χ1) is 25.9. The number of nitrogens with one attached hydrogen (secondary N) is 2. The number of esters is 1. The number of hydrogen-bond acceptors (Lipinski definition) is 7. The van der Waals surface area contributed by atoms with Crippen LogP contribution >= 0.6 is 0 Å². The van der Waals surface area contributed by atoms with Crippen LogP contribution in [-0.4, -0.2) is 47.8 Å². The van der Waals surface area contributed by atoms with Gasteiger partial charge in [0.05, 0.1) is 25.4 Å². The fourth-order valence-electron chi connectivity index (χ4n) is 6.52. The van der Waals surface area contributed by atoms with E-state index in [1.807, 2.05) is 72.8 Å². The van der Waals surface area contributed by atoms with Gasteiger partial charge in [-0.1, -0.05) is 121 Å². The Hall–Kier alpha value is -5.32. The number of rotatable bonds is 15. The molecule has 5 aromatic rings. The van der Waals surface area contributed by atoms with Crippen molar-refractivity contribution in [3.05, 3.63) is 167 Å². The van der Waals surface area contributed by atoms with Crippen LogP contribution in [0, 0.1) is 0 Å². The van der Waals surface area contributed by atoms with Crippen molar-refractivity contribution in [1.29, 1.82) is 0 Å². The fraction of sp³-hybridized carbons (Fsp3) is 0.273. The molecule has 9 heteroatoms. The number of benzene rings is 5. The molecule has 3 atom stereocenters. The Balaban J connectivity index is 1.21. The van der Waals surface area contributed by atoms with E-state index in [0.717, 1.165) is 46.5 Å². The van der Waals surface area contributed by atoms with Crippen LogP contribution in [0.2, 0.25) is 0 Å². The number of aliphatic hydroxyl groups is 1. The van der Waals surface area contributed by atoms with Gasteiger partial charge in [0.25, 0.3) is 0 Å². The van der Waals surface area contributed by atoms with Crippen molar-refractivity contribution in [3.8, 4) is 11.1 Å². The van der Waals surface area contributed by atoms with E-state index in [-0.39, 0.29) is 38.5 Å². The van der Waals surface area contributed by atoms with E-state index in [2.05, 4.69) is 76.2 Å². The van der Waals surface area contributed by atoms with Crippen LogP contribution in [0.5, 0.6) is 0 Å². The maximum atomic E-state index is 12.3. The smallest absolute Gasteiger partial charge is 0.325 e. The minimum Gasteiger partial charge on any atom is -0.465 e. The molecule has 9 nitrogen and oxygen atoms in total.